The number of hydrogen-bond acceptors (Lipinski definition) is 3. The Balaban J connectivity index is 2.66. The molecule has 2 aromatic rings. The molecule has 0 bridgehead atoms. The van der Waals surface area contributed by atoms with Gasteiger partial charge in [-0.25, -0.2) is 4.79 Å². The number of benzene rings is 1. The van der Waals surface area contributed by atoms with Crippen molar-refractivity contribution in [1.29, 1.82) is 0 Å². The molecule has 100 valence electrons. The van der Waals surface area contributed by atoms with E-state index in [-0.39, 0.29) is 5.56 Å². The molecule has 1 N–H and O–H groups in total. The number of halogens is 1. The van der Waals surface area contributed by atoms with Crippen LogP contribution >= 0.6 is 11.6 Å². The summed E-state index contributed by atoms with van der Waals surface area (Å²) in [5, 5.41) is 13.8. The summed E-state index contributed by atoms with van der Waals surface area (Å²) in [5.74, 6) is -0.698. The van der Waals surface area contributed by atoms with Gasteiger partial charge in [0, 0.05) is 16.0 Å². The van der Waals surface area contributed by atoms with Gasteiger partial charge in [0.25, 0.3) is 0 Å². The van der Waals surface area contributed by atoms with Crippen LogP contribution in [-0.4, -0.2) is 16.2 Å². The molecule has 0 atom stereocenters. The third kappa shape index (κ3) is 2.63. The molecule has 2 rings (SSSR count). The van der Waals surface area contributed by atoms with Gasteiger partial charge in [0.05, 0.1) is 0 Å². The summed E-state index contributed by atoms with van der Waals surface area (Å²) in [5.41, 5.74) is 0.594. The fourth-order valence-corrected chi connectivity index (χ4v) is 2.02. The van der Waals surface area contributed by atoms with Crippen molar-refractivity contribution in [3.63, 3.8) is 0 Å². The summed E-state index contributed by atoms with van der Waals surface area (Å²) in [6.45, 7) is 5.63. The summed E-state index contributed by atoms with van der Waals surface area (Å²) in [6, 6.07) is 6.88. The van der Waals surface area contributed by atoms with Crippen molar-refractivity contribution in [2.24, 2.45) is 0 Å². The molecule has 19 heavy (non-hydrogen) atoms. The van der Waals surface area contributed by atoms with Crippen molar-refractivity contribution < 1.29 is 14.4 Å². The van der Waals surface area contributed by atoms with Gasteiger partial charge in [0.2, 0.25) is 0 Å². The number of rotatable bonds is 2. The fraction of sp³-hybridized carbons (Fsp3) is 0.286. The number of carboxylic acid groups (broad SMARTS) is 1. The SMILES string of the molecule is CC(C)(C)c1onc(-c2cccc(Cl)c2)c1C(=O)O. The standard InChI is InChI=1S/C14H14ClNO3/c1-14(2,3)12-10(13(17)18)11(16-19-12)8-5-4-6-9(15)7-8/h4-7H,1-3H3,(H,17,18). The molecule has 0 fully saturated rings. The number of carbonyl (C=O) groups is 1. The largest absolute Gasteiger partial charge is 0.477 e. The zero-order chi connectivity index (χ0) is 14.2. The monoisotopic (exact) mass is 279 g/mol. The molecular weight excluding hydrogens is 266 g/mol. The molecule has 0 aliphatic carbocycles. The molecule has 0 aliphatic heterocycles. The Morgan fingerprint density at radius 1 is 1.37 bits per heavy atom. The minimum Gasteiger partial charge on any atom is -0.477 e. The molecule has 0 spiro atoms. The van der Waals surface area contributed by atoms with Gasteiger partial charge in [-0.3, -0.25) is 0 Å². The average Bonchev–Trinajstić information content (AvgIpc) is 2.72. The first-order valence-corrected chi connectivity index (χ1v) is 6.18. The van der Waals surface area contributed by atoms with Crippen LogP contribution in [0.15, 0.2) is 28.8 Å². The highest BCUT2D eigenvalue weighted by Gasteiger charge is 2.31. The van der Waals surface area contributed by atoms with Crippen LogP contribution in [0.2, 0.25) is 5.02 Å². The van der Waals surface area contributed by atoms with Crippen LogP contribution in [-0.2, 0) is 5.41 Å². The van der Waals surface area contributed by atoms with Gasteiger partial charge in [0.1, 0.15) is 11.3 Å². The van der Waals surface area contributed by atoms with E-state index in [1.807, 2.05) is 20.8 Å². The lowest BCUT2D eigenvalue weighted by Gasteiger charge is -2.14. The Bertz CT molecular complexity index is 626. The molecule has 0 saturated heterocycles. The summed E-state index contributed by atoms with van der Waals surface area (Å²) in [4.78, 5) is 11.5. The lowest BCUT2D eigenvalue weighted by atomic mass is 9.89. The third-order valence-corrected chi connectivity index (χ3v) is 2.92. The number of carboxylic acids is 1. The third-order valence-electron chi connectivity index (χ3n) is 2.69. The number of aromatic carboxylic acids is 1. The minimum absolute atomic E-state index is 0.0924. The van der Waals surface area contributed by atoms with Crippen LogP contribution in [0.25, 0.3) is 11.3 Å². The van der Waals surface area contributed by atoms with E-state index < -0.39 is 11.4 Å². The van der Waals surface area contributed by atoms with E-state index in [2.05, 4.69) is 5.16 Å². The highest BCUT2D eigenvalue weighted by Crippen LogP contribution is 2.33. The van der Waals surface area contributed by atoms with Gasteiger partial charge in [-0.2, -0.15) is 0 Å². The molecule has 0 radical (unpaired) electrons. The van der Waals surface area contributed by atoms with Gasteiger partial charge in [-0.15, -0.1) is 0 Å². The maximum absolute atomic E-state index is 11.5. The van der Waals surface area contributed by atoms with Crippen LogP contribution in [0.5, 0.6) is 0 Å². The van der Waals surface area contributed by atoms with E-state index in [1.54, 1.807) is 24.3 Å². The molecule has 1 heterocycles. The average molecular weight is 280 g/mol. The molecule has 4 nitrogen and oxygen atoms in total. The Hall–Kier alpha value is -1.81. The predicted molar refractivity (Wildman–Crippen MR) is 72.6 cm³/mol. The highest BCUT2D eigenvalue weighted by atomic mass is 35.5. The second-order valence-corrected chi connectivity index (χ2v) is 5.74. The van der Waals surface area contributed by atoms with Crippen molar-refractivity contribution in [1.82, 2.24) is 5.16 Å². The van der Waals surface area contributed by atoms with Gasteiger partial charge >= 0.3 is 5.97 Å². The van der Waals surface area contributed by atoms with Crippen molar-refractivity contribution in [2.75, 3.05) is 0 Å². The summed E-state index contributed by atoms with van der Waals surface area (Å²) >= 11 is 5.92. The maximum Gasteiger partial charge on any atom is 0.341 e. The Kier molecular flexibility index (Phi) is 3.37. The van der Waals surface area contributed by atoms with Crippen molar-refractivity contribution >= 4 is 17.6 Å². The minimum atomic E-state index is -1.05. The number of hydrogen-bond donors (Lipinski definition) is 1. The van der Waals surface area contributed by atoms with Crippen LogP contribution < -0.4 is 0 Å². The zero-order valence-corrected chi connectivity index (χ0v) is 11.7. The van der Waals surface area contributed by atoms with Crippen molar-refractivity contribution in [2.45, 2.75) is 26.2 Å². The summed E-state index contributed by atoms with van der Waals surface area (Å²) < 4.78 is 5.24. The Morgan fingerprint density at radius 3 is 2.58 bits per heavy atom. The van der Waals surface area contributed by atoms with E-state index >= 15 is 0 Å². The lowest BCUT2D eigenvalue weighted by molar-refractivity contribution is 0.0693. The first-order chi connectivity index (χ1) is 8.80. The molecule has 0 saturated carbocycles. The van der Waals surface area contributed by atoms with Crippen LogP contribution in [0, 0.1) is 0 Å². The molecule has 0 unspecified atom stereocenters. The number of nitrogens with zero attached hydrogens (tertiary/aromatic N) is 1. The summed E-state index contributed by atoms with van der Waals surface area (Å²) in [7, 11) is 0. The van der Waals surface area contributed by atoms with Crippen LogP contribution in [0.3, 0.4) is 0 Å². The predicted octanol–water partition coefficient (Wildman–Crippen LogP) is 3.99. The lowest BCUT2D eigenvalue weighted by Crippen LogP contribution is -2.15. The summed E-state index contributed by atoms with van der Waals surface area (Å²) in [6.07, 6.45) is 0. The van der Waals surface area contributed by atoms with E-state index in [1.165, 1.54) is 0 Å². The van der Waals surface area contributed by atoms with Crippen LogP contribution in [0.1, 0.15) is 36.9 Å². The van der Waals surface area contributed by atoms with Gasteiger partial charge in [-0.05, 0) is 12.1 Å². The Labute approximate surface area is 116 Å². The van der Waals surface area contributed by atoms with E-state index in [4.69, 9.17) is 16.1 Å². The van der Waals surface area contributed by atoms with E-state index in [0.717, 1.165) is 0 Å². The molecule has 1 aromatic carbocycles. The molecule has 1 aromatic heterocycles. The van der Waals surface area contributed by atoms with E-state index in [9.17, 15) is 9.90 Å². The molecule has 5 heteroatoms. The number of aromatic nitrogens is 1. The van der Waals surface area contributed by atoms with Crippen LogP contribution in [0.4, 0.5) is 0 Å². The van der Waals surface area contributed by atoms with Crippen molar-refractivity contribution in [3.05, 3.63) is 40.6 Å². The second-order valence-electron chi connectivity index (χ2n) is 5.30. The van der Waals surface area contributed by atoms with Gasteiger partial charge in [0.15, 0.2) is 5.76 Å². The maximum atomic E-state index is 11.5. The van der Waals surface area contributed by atoms with Gasteiger partial charge < -0.3 is 9.63 Å². The van der Waals surface area contributed by atoms with Gasteiger partial charge in [-0.1, -0.05) is 49.7 Å². The fourth-order valence-electron chi connectivity index (χ4n) is 1.83. The Morgan fingerprint density at radius 2 is 2.05 bits per heavy atom. The van der Waals surface area contributed by atoms with E-state index in [0.29, 0.717) is 22.0 Å². The zero-order valence-electron chi connectivity index (χ0n) is 10.9. The normalized spacial score (nSPS) is 11.6. The smallest absolute Gasteiger partial charge is 0.341 e. The first-order valence-electron chi connectivity index (χ1n) is 5.80. The topological polar surface area (TPSA) is 63.3 Å². The molecule has 0 amide bonds. The molecule has 0 aliphatic rings. The first kappa shape index (κ1) is 13.6. The second kappa shape index (κ2) is 4.70. The highest BCUT2D eigenvalue weighted by molar-refractivity contribution is 6.30. The van der Waals surface area contributed by atoms with Crippen molar-refractivity contribution in [3.8, 4) is 11.3 Å². The molecular formula is C14H14ClNO3. The quantitative estimate of drug-likeness (QED) is 0.903.